The van der Waals surface area contributed by atoms with Crippen molar-refractivity contribution in [3.8, 4) is 0 Å². The maximum atomic E-state index is 13.6. The van der Waals surface area contributed by atoms with Crippen LogP contribution in [0.25, 0.3) is 0 Å². The number of benzene rings is 1. The third kappa shape index (κ3) is 7.56. The van der Waals surface area contributed by atoms with Crippen molar-refractivity contribution < 1.29 is 23.8 Å². The number of amides is 1. The SMILES string of the molecule is CC(C)(C)OC(=O)NC(CSCc1cc(Cl)ccc1F)C(=O)O. The molecular weight excluding hydrogens is 345 g/mol. The van der Waals surface area contributed by atoms with Gasteiger partial charge in [-0.2, -0.15) is 11.8 Å². The maximum absolute atomic E-state index is 13.6. The average Bonchev–Trinajstić information content (AvgIpc) is 2.39. The summed E-state index contributed by atoms with van der Waals surface area (Å²) in [7, 11) is 0. The van der Waals surface area contributed by atoms with Crippen LogP contribution < -0.4 is 5.32 Å². The van der Waals surface area contributed by atoms with Crippen molar-refractivity contribution in [2.24, 2.45) is 0 Å². The minimum atomic E-state index is -1.19. The smallest absolute Gasteiger partial charge is 0.408 e. The molecule has 1 atom stereocenters. The third-order valence-electron chi connectivity index (χ3n) is 2.54. The van der Waals surface area contributed by atoms with Gasteiger partial charge < -0.3 is 15.2 Å². The van der Waals surface area contributed by atoms with Gasteiger partial charge in [0.05, 0.1) is 0 Å². The van der Waals surface area contributed by atoms with E-state index in [1.54, 1.807) is 20.8 Å². The number of carbonyl (C=O) groups excluding carboxylic acids is 1. The molecule has 0 aromatic heterocycles. The van der Waals surface area contributed by atoms with E-state index in [1.807, 2.05) is 0 Å². The zero-order valence-electron chi connectivity index (χ0n) is 13.1. The van der Waals surface area contributed by atoms with Crippen LogP contribution in [0, 0.1) is 5.82 Å². The van der Waals surface area contributed by atoms with Crippen molar-refractivity contribution in [1.29, 1.82) is 0 Å². The summed E-state index contributed by atoms with van der Waals surface area (Å²) in [6, 6.07) is 3.05. The van der Waals surface area contributed by atoms with Gasteiger partial charge >= 0.3 is 12.1 Å². The molecule has 1 aromatic rings. The molecule has 1 amide bonds. The molecule has 0 heterocycles. The fourth-order valence-electron chi connectivity index (χ4n) is 1.57. The quantitative estimate of drug-likeness (QED) is 0.806. The van der Waals surface area contributed by atoms with Crippen molar-refractivity contribution in [2.45, 2.75) is 38.2 Å². The number of nitrogens with one attached hydrogen (secondary N) is 1. The van der Waals surface area contributed by atoms with Crippen molar-refractivity contribution in [3.63, 3.8) is 0 Å². The van der Waals surface area contributed by atoms with Crippen LogP contribution in [0.3, 0.4) is 0 Å². The van der Waals surface area contributed by atoms with E-state index in [2.05, 4.69) is 5.32 Å². The van der Waals surface area contributed by atoms with Gasteiger partial charge in [0.15, 0.2) is 0 Å². The maximum Gasteiger partial charge on any atom is 0.408 e. The number of hydrogen-bond acceptors (Lipinski definition) is 4. The van der Waals surface area contributed by atoms with Crippen LogP contribution in [0.1, 0.15) is 26.3 Å². The molecule has 0 bridgehead atoms. The number of ether oxygens (including phenoxy) is 1. The van der Waals surface area contributed by atoms with E-state index in [1.165, 1.54) is 30.0 Å². The number of aliphatic carboxylic acids is 1. The highest BCUT2D eigenvalue weighted by molar-refractivity contribution is 7.98. The van der Waals surface area contributed by atoms with Crippen LogP contribution in [0.2, 0.25) is 5.02 Å². The van der Waals surface area contributed by atoms with E-state index in [0.717, 1.165) is 0 Å². The highest BCUT2D eigenvalue weighted by Crippen LogP contribution is 2.20. The number of carboxylic acids is 1. The van der Waals surface area contributed by atoms with Crippen LogP contribution in [-0.2, 0) is 15.3 Å². The van der Waals surface area contributed by atoms with Gasteiger partial charge in [-0.1, -0.05) is 11.6 Å². The fraction of sp³-hybridized carbons (Fsp3) is 0.467. The number of alkyl carbamates (subject to hydrolysis) is 1. The van der Waals surface area contributed by atoms with Gasteiger partial charge in [-0.3, -0.25) is 0 Å². The van der Waals surface area contributed by atoms with E-state index in [9.17, 15) is 14.0 Å². The lowest BCUT2D eigenvalue weighted by Crippen LogP contribution is -2.44. The number of thioether (sulfide) groups is 1. The van der Waals surface area contributed by atoms with E-state index >= 15 is 0 Å². The van der Waals surface area contributed by atoms with E-state index in [0.29, 0.717) is 10.6 Å². The predicted molar refractivity (Wildman–Crippen MR) is 88.4 cm³/mol. The lowest BCUT2D eigenvalue weighted by Gasteiger charge is -2.21. The second-order valence-corrected chi connectivity index (χ2v) is 7.25. The molecule has 8 heteroatoms. The Kier molecular flexibility index (Phi) is 7.15. The molecule has 1 unspecified atom stereocenters. The Morgan fingerprint density at radius 3 is 2.65 bits per heavy atom. The van der Waals surface area contributed by atoms with Gasteiger partial charge in [-0.15, -0.1) is 0 Å². The number of rotatable bonds is 6. The molecule has 0 aliphatic heterocycles. The summed E-state index contributed by atoms with van der Waals surface area (Å²) < 4.78 is 18.6. The lowest BCUT2D eigenvalue weighted by atomic mass is 10.2. The fourth-order valence-corrected chi connectivity index (χ4v) is 2.78. The predicted octanol–water partition coefficient (Wildman–Crippen LogP) is 3.69. The van der Waals surface area contributed by atoms with Crippen molar-refractivity contribution in [2.75, 3.05) is 5.75 Å². The Morgan fingerprint density at radius 1 is 1.43 bits per heavy atom. The highest BCUT2D eigenvalue weighted by Gasteiger charge is 2.24. The minimum absolute atomic E-state index is 0.0700. The summed E-state index contributed by atoms with van der Waals surface area (Å²) in [6.45, 7) is 5.04. The number of hydrogen-bond donors (Lipinski definition) is 2. The Balaban J connectivity index is 2.55. The molecule has 0 fully saturated rings. The summed E-state index contributed by atoms with van der Waals surface area (Å²) >= 11 is 6.97. The Bertz CT molecular complexity index is 577. The van der Waals surface area contributed by atoms with Crippen LogP contribution in [-0.4, -0.2) is 34.6 Å². The number of carbonyl (C=O) groups is 2. The Labute approximate surface area is 143 Å². The summed E-state index contributed by atoms with van der Waals surface area (Å²) in [6.07, 6.45) is -0.806. The molecule has 23 heavy (non-hydrogen) atoms. The van der Waals surface area contributed by atoms with E-state index < -0.39 is 29.5 Å². The second-order valence-electron chi connectivity index (χ2n) is 5.79. The summed E-state index contributed by atoms with van der Waals surface area (Å²) in [5, 5.41) is 11.8. The average molecular weight is 364 g/mol. The molecular formula is C15H19ClFNO4S. The van der Waals surface area contributed by atoms with E-state index in [4.69, 9.17) is 21.4 Å². The minimum Gasteiger partial charge on any atom is -0.480 e. The molecule has 0 aliphatic carbocycles. The molecule has 5 nitrogen and oxygen atoms in total. The molecule has 0 radical (unpaired) electrons. The van der Waals surface area contributed by atoms with E-state index in [-0.39, 0.29) is 11.5 Å². The van der Waals surface area contributed by atoms with Gasteiger partial charge in [0.2, 0.25) is 0 Å². The van der Waals surface area contributed by atoms with Gasteiger partial charge in [0, 0.05) is 16.5 Å². The normalized spacial score (nSPS) is 12.6. The van der Waals surface area contributed by atoms with Gasteiger partial charge in [-0.05, 0) is 44.5 Å². The van der Waals surface area contributed by atoms with Gasteiger partial charge in [0.1, 0.15) is 17.5 Å². The molecule has 0 spiro atoms. The van der Waals surface area contributed by atoms with Crippen LogP contribution in [0.4, 0.5) is 9.18 Å². The monoisotopic (exact) mass is 363 g/mol. The first-order valence-corrected chi connectivity index (χ1v) is 8.36. The number of carboxylic acid groups (broad SMARTS) is 1. The Morgan fingerprint density at radius 2 is 2.09 bits per heavy atom. The van der Waals surface area contributed by atoms with Crippen LogP contribution >= 0.6 is 23.4 Å². The first-order valence-electron chi connectivity index (χ1n) is 6.82. The zero-order valence-corrected chi connectivity index (χ0v) is 14.6. The topological polar surface area (TPSA) is 75.6 Å². The molecule has 0 saturated heterocycles. The zero-order chi connectivity index (χ0) is 17.6. The molecule has 0 saturated carbocycles. The van der Waals surface area contributed by atoms with Crippen molar-refractivity contribution >= 4 is 35.4 Å². The Hall–Kier alpha value is -1.47. The largest absolute Gasteiger partial charge is 0.480 e. The van der Waals surface area contributed by atoms with Crippen molar-refractivity contribution in [3.05, 3.63) is 34.6 Å². The van der Waals surface area contributed by atoms with Gasteiger partial charge in [-0.25, -0.2) is 14.0 Å². The second kappa shape index (κ2) is 8.40. The molecule has 1 rings (SSSR count). The molecule has 1 aromatic carbocycles. The number of halogens is 2. The van der Waals surface area contributed by atoms with Gasteiger partial charge in [0.25, 0.3) is 0 Å². The molecule has 2 N–H and O–H groups in total. The van der Waals surface area contributed by atoms with Crippen molar-refractivity contribution in [1.82, 2.24) is 5.32 Å². The van der Waals surface area contributed by atoms with Crippen LogP contribution in [0.15, 0.2) is 18.2 Å². The summed E-state index contributed by atoms with van der Waals surface area (Å²) in [5.41, 5.74) is -0.339. The summed E-state index contributed by atoms with van der Waals surface area (Å²) in [5.74, 6) is -1.28. The summed E-state index contributed by atoms with van der Waals surface area (Å²) in [4.78, 5) is 22.8. The third-order valence-corrected chi connectivity index (χ3v) is 3.86. The molecule has 128 valence electrons. The first-order chi connectivity index (χ1) is 10.6. The highest BCUT2D eigenvalue weighted by atomic mass is 35.5. The standard InChI is InChI=1S/C15H19ClFNO4S/c1-15(2,3)22-14(21)18-12(13(19)20)8-23-7-9-6-10(16)4-5-11(9)17/h4-6,12H,7-8H2,1-3H3,(H,18,21)(H,19,20). The molecule has 0 aliphatic rings. The lowest BCUT2D eigenvalue weighted by molar-refractivity contribution is -0.138. The van der Waals surface area contributed by atoms with Crippen LogP contribution in [0.5, 0.6) is 0 Å². The first kappa shape index (κ1) is 19.6.